The van der Waals surface area contributed by atoms with Gasteiger partial charge in [0.25, 0.3) is 0 Å². The van der Waals surface area contributed by atoms with Crippen LogP contribution in [0.4, 0.5) is 5.82 Å². The molecular formula is C14H23ClN3O4P. The van der Waals surface area contributed by atoms with Crippen molar-refractivity contribution >= 4 is 25.0 Å². The maximum atomic E-state index is 12.1. The number of hydrogen-bond acceptors (Lipinski definition) is 5. The summed E-state index contributed by atoms with van der Waals surface area (Å²) in [7, 11) is -4.44. The normalized spacial score (nSPS) is 17.3. The zero-order valence-corrected chi connectivity index (χ0v) is 15.0. The van der Waals surface area contributed by atoms with Crippen LogP contribution in [0.2, 0.25) is 5.15 Å². The molecule has 0 spiro atoms. The third kappa shape index (κ3) is 4.03. The van der Waals surface area contributed by atoms with Gasteiger partial charge in [0.1, 0.15) is 16.1 Å². The first-order valence-corrected chi connectivity index (χ1v) is 9.76. The van der Waals surface area contributed by atoms with Gasteiger partial charge in [-0.25, -0.2) is 9.97 Å². The lowest BCUT2D eigenvalue weighted by molar-refractivity contribution is 0.0904. The molecule has 1 aliphatic heterocycles. The quantitative estimate of drug-likeness (QED) is 0.527. The Hall–Kier alpha value is -0.720. The van der Waals surface area contributed by atoms with Gasteiger partial charge in [0.15, 0.2) is 5.82 Å². The number of nitrogens with zero attached hydrogens (tertiary/aromatic N) is 2. The van der Waals surface area contributed by atoms with E-state index in [2.05, 4.69) is 15.3 Å². The van der Waals surface area contributed by atoms with Crippen molar-refractivity contribution in [2.24, 2.45) is 0 Å². The molecule has 0 saturated carbocycles. The van der Waals surface area contributed by atoms with E-state index >= 15 is 0 Å². The van der Waals surface area contributed by atoms with Crippen LogP contribution in [-0.4, -0.2) is 39.0 Å². The zero-order valence-electron chi connectivity index (χ0n) is 13.3. The van der Waals surface area contributed by atoms with Gasteiger partial charge in [-0.3, -0.25) is 4.57 Å². The van der Waals surface area contributed by atoms with Crippen molar-refractivity contribution in [1.82, 2.24) is 9.97 Å². The first-order valence-electron chi connectivity index (χ1n) is 7.77. The van der Waals surface area contributed by atoms with Gasteiger partial charge < -0.3 is 19.8 Å². The molecule has 1 saturated heterocycles. The Balaban J connectivity index is 2.36. The van der Waals surface area contributed by atoms with E-state index in [0.29, 0.717) is 19.0 Å². The Morgan fingerprint density at radius 1 is 1.35 bits per heavy atom. The molecule has 0 unspecified atom stereocenters. The van der Waals surface area contributed by atoms with Crippen molar-refractivity contribution in [3.8, 4) is 0 Å². The minimum atomic E-state index is -4.44. The van der Waals surface area contributed by atoms with Gasteiger partial charge in [-0.1, -0.05) is 25.4 Å². The molecule has 2 rings (SSSR count). The second kappa shape index (κ2) is 7.45. The minimum Gasteiger partial charge on any atom is -0.381 e. The van der Waals surface area contributed by atoms with E-state index in [4.69, 9.17) is 16.3 Å². The van der Waals surface area contributed by atoms with Crippen LogP contribution in [0.1, 0.15) is 45.4 Å². The van der Waals surface area contributed by atoms with E-state index in [0.717, 1.165) is 12.8 Å². The maximum Gasteiger partial charge on any atom is 0.339 e. The number of aromatic nitrogens is 2. The van der Waals surface area contributed by atoms with Crippen LogP contribution in [0, 0.1) is 0 Å². The molecule has 1 aromatic heterocycles. The Bertz CT molecular complexity index is 585. The van der Waals surface area contributed by atoms with Gasteiger partial charge in [-0.15, -0.1) is 0 Å². The first-order chi connectivity index (χ1) is 10.8. The average molecular weight is 364 g/mol. The molecule has 1 aromatic rings. The van der Waals surface area contributed by atoms with Gasteiger partial charge in [0.05, 0.1) is 0 Å². The number of ether oxygens (including phenoxy) is 1. The molecular weight excluding hydrogens is 341 g/mol. The Morgan fingerprint density at radius 3 is 2.48 bits per heavy atom. The largest absolute Gasteiger partial charge is 0.381 e. The van der Waals surface area contributed by atoms with Crippen LogP contribution in [-0.2, 0) is 14.5 Å². The van der Waals surface area contributed by atoms with Gasteiger partial charge >= 0.3 is 7.60 Å². The highest BCUT2D eigenvalue weighted by molar-refractivity contribution is 7.53. The van der Waals surface area contributed by atoms with E-state index in [1.807, 2.05) is 0 Å². The Labute approximate surface area is 141 Å². The van der Waals surface area contributed by atoms with Crippen molar-refractivity contribution in [3.05, 3.63) is 17.0 Å². The van der Waals surface area contributed by atoms with E-state index in [1.54, 1.807) is 19.9 Å². The number of halogens is 1. The van der Waals surface area contributed by atoms with Crippen molar-refractivity contribution in [2.75, 3.05) is 18.5 Å². The second-order valence-electron chi connectivity index (χ2n) is 5.71. The molecule has 3 N–H and O–H groups in total. The van der Waals surface area contributed by atoms with E-state index in [1.165, 1.54) is 0 Å². The summed E-state index contributed by atoms with van der Waals surface area (Å²) in [6, 6.07) is 1.78. The standard InChI is InChI=1S/C14H23ClN3O4P/c1-3-14(4-2,23(19,20)21)13-17-11(15)9-12(18-13)16-10-5-7-22-8-6-10/h9-10H,3-8H2,1-2H3,(H,16,17,18)(H2,19,20,21). The molecule has 0 aromatic carbocycles. The molecule has 1 aliphatic rings. The van der Waals surface area contributed by atoms with Crippen LogP contribution < -0.4 is 5.32 Å². The van der Waals surface area contributed by atoms with Crippen LogP contribution >= 0.6 is 19.2 Å². The fraction of sp³-hybridized carbons (Fsp3) is 0.714. The fourth-order valence-corrected chi connectivity index (χ4v) is 4.23. The lowest BCUT2D eigenvalue weighted by Crippen LogP contribution is -2.30. The monoisotopic (exact) mass is 363 g/mol. The second-order valence-corrected chi connectivity index (χ2v) is 8.04. The first kappa shape index (κ1) is 18.6. The van der Waals surface area contributed by atoms with Gasteiger partial charge in [0.2, 0.25) is 0 Å². The summed E-state index contributed by atoms with van der Waals surface area (Å²) in [5, 5.41) is 2.02. The molecule has 0 radical (unpaired) electrons. The summed E-state index contributed by atoms with van der Waals surface area (Å²) < 4.78 is 17.4. The third-order valence-corrected chi connectivity index (χ3v) is 6.55. The van der Waals surface area contributed by atoms with Gasteiger partial charge in [0, 0.05) is 25.3 Å². The molecule has 0 amide bonds. The highest BCUT2D eigenvalue weighted by Gasteiger charge is 2.48. The van der Waals surface area contributed by atoms with Crippen LogP contribution in [0.5, 0.6) is 0 Å². The summed E-state index contributed by atoms with van der Waals surface area (Å²) >= 11 is 6.07. The number of anilines is 1. The van der Waals surface area contributed by atoms with Crippen molar-refractivity contribution in [2.45, 2.75) is 50.7 Å². The number of hydrogen-bond donors (Lipinski definition) is 3. The highest BCUT2D eigenvalue weighted by Crippen LogP contribution is 2.60. The van der Waals surface area contributed by atoms with Crippen LogP contribution in [0.3, 0.4) is 0 Å². The fourth-order valence-electron chi connectivity index (χ4n) is 2.86. The lowest BCUT2D eigenvalue weighted by Gasteiger charge is -2.31. The van der Waals surface area contributed by atoms with Crippen molar-refractivity contribution in [3.63, 3.8) is 0 Å². The molecule has 1 fully saturated rings. The molecule has 130 valence electrons. The SMILES string of the molecule is CCC(CC)(c1nc(Cl)cc(NC2CCOCC2)n1)P(=O)(O)O. The van der Waals surface area contributed by atoms with Gasteiger partial charge in [-0.05, 0) is 25.7 Å². The highest BCUT2D eigenvalue weighted by atomic mass is 35.5. The zero-order chi connectivity index (χ0) is 17.1. The van der Waals surface area contributed by atoms with Gasteiger partial charge in [-0.2, -0.15) is 0 Å². The predicted molar refractivity (Wildman–Crippen MR) is 88.8 cm³/mol. The summed E-state index contributed by atoms with van der Waals surface area (Å²) in [6.07, 6.45) is 2.15. The molecule has 0 bridgehead atoms. The summed E-state index contributed by atoms with van der Waals surface area (Å²) in [6.45, 7) is 4.80. The summed E-state index contributed by atoms with van der Waals surface area (Å²) in [5.74, 6) is 0.588. The minimum absolute atomic E-state index is 0.0953. The average Bonchev–Trinajstić information content (AvgIpc) is 2.48. The topological polar surface area (TPSA) is 105 Å². The van der Waals surface area contributed by atoms with Crippen molar-refractivity contribution < 1.29 is 19.1 Å². The van der Waals surface area contributed by atoms with E-state index in [-0.39, 0.29) is 29.9 Å². The molecule has 2 heterocycles. The number of rotatable bonds is 6. The molecule has 23 heavy (non-hydrogen) atoms. The third-order valence-electron chi connectivity index (χ3n) is 4.41. The van der Waals surface area contributed by atoms with E-state index < -0.39 is 12.8 Å². The maximum absolute atomic E-state index is 12.1. The molecule has 7 nitrogen and oxygen atoms in total. The summed E-state index contributed by atoms with van der Waals surface area (Å²) in [4.78, 5) is 28.1. The van der Waals surface area contributed by atoms with E-state index in [9.17, 15) is 14.4 Å². The Kier molecular flexibility index (Phi) is 6.03. The molecule has 0 aliphatic carbocycles. The molecule has 0 atom stereocenters. The molecule has 9 heteroatoms. The predicted octanol–water partition coefficient (Wildman–Crippen LogP) is 2.91. The number of nitrogens with one attached hydrogen (secondary N) is 1. The smallest absolute Gasteiger partial charge is 0.339 e. The van der Waals surface area contributed by atoms with Crippen LogP contribution in [0.15, 0.2) is 6.07 Å². The Morgan fingerprint density at radius 2 is 1.96 bits per heavy atom. The van der Waals surface area contributed by atoms with Crippen LogP contribution in [0.25, 0.3) is 0 Å². The van der Waals surface area contributed by atoms with Crippen molar-refractivity contribution in [1.29, 1.82) is 0 Å². The lowest BCUT2D eigenvalue weighted by atomic mass is 10.0. The summed E-state index contributed by atoms with van der Waals surface area (Å²) in [5.41, 5.74) is 0.